The first-order chi connectivity index (χ1) is 20.6. The van der Waals surface area contributed by atoms with Crippen molar-refractivity contribution in [3.63, 3.8) is 0 Å². The molecule has 0 amide bonds. The molecule has 0 aliphatic carbocycles. The van der Waals surface area contributed by atoms with E-state index in [1.807, 2.05) is 24.3 Å². The maximum atomic E-state index is 6.64. The van der Waals surface area contributed by atoms with Crippen LogP contribution in [0.15, 0.2) is 66.7 Å². The molecule has 0 saturated carbocycles. The Morgan fingerprint density at radius 2 is 1.50 bits per heavy atom. The van der Waals surface area contributed by atoms with Gasteiger partial charge >= 0.3 is 0 Å². The average molecular weight is 576 g/mol. The summed E-state index contributed by atoms with van der Waals surface area (Å²) < 4.78 is 34.6. The molecule has 1 N–H and O–H groups in total. The van der Waals surface area contributed by atoms with Crippen molar-refractivity contribution in [3.8, 4) is 23.0 Å². The number of rotatable bonds is 13. The van der Waals surface area contributed by atoms with E-state index in [9.17, 15) is 0 Å². The lowest BCUT2D eigenvalue weighted by atomic mass is 9.65. The average Bonchev–Trinajstić information content (AvgIpc) is 3.03. The van der Waals surface area contributed by atoms with Crippen LogP contribution in [0.4, 0.5) is 0 Å². The fourth-order valence-corrected chi connectivity index (χ4v) is 6.41. The first kappa shape index (κ1) is 30.2. The fraction of sp³-hybridized carbons (Fsp3) is 0.486. The monoisotopic (exact) mass is 575 g/mol. The third kappa shape index (κ3) is 6.86. The van der Waals surface area contributed by atoms with E-state index in [0.717, 1.165) is 54.5 Å². The van der Waals surface area contributed by atoms with Crippen molar-refractivity contribution in [2.45, 2.75) is 57.0 Å². The summed E-state index contributed by atoms with van der Waals surface area (Å²) in [6.45, 7) is 7.60. The third-order valence-corrected chi connectivity index (χ3v) is 8.65. The molecule has 0 radical (unpaired) electrons. The summed E-state index contributed by atoms with van der Waals surface area (Å²) in [5, 5.41) is 3.48. The van der Waals surface area contributed by atoms with E-state index in [1.165, 1.54) is 24.0 Å². The molecule has 1 fully saturated rings. The Bertz CT molecular complexity index is 1260. The van der Waals surface area contributed by atoms with Crippen molar-refractivity contribution in [1.82, 2.24) is 5.32 Å². The van der Waals surface area contributed by atoms with Crippen LogP contribution < -0.4 is 24.3 Å². The van der Waals surface area contributed by atoms with E-state index in [2.05, 4.69) is 61.6 Å². The van der Waals surface area contributed by atoms with Gasteiger partial charge in [0.1, 0.15) is 29.1 Å². The molecule has 2 heterocycles. The van der Waals surface area contributed by atoms with Crippen LogP contribution in [0.1, 0.15) is 62.1 Å². The van der Waals surface area contributed by atoms with E-state index < -0.39 is 0 Å². The van der Waals surface area contributed by atoms with Gasteiger partial charge in [0.25, 0.3) is 0 Å². The molecule has 226 valence electrons. The van der Waals surface area contributed by atoms with Gasteiger partial charge in [-0.1, -0.05) is 50.6 Å². The lowest BCUT2D eigenvalue weighted by Crippen LogP contribution is -2.41. The molecule has 7 heteroatoms. The number of hydrogen-bond donors (Lipinski definition) is 1. The van der Waals surface area contributed by atoms with Gasteiger partial charge in [-0.15, -0.1) is 0 Å². The Kier molecular flexibility index (Phi) is 10.3. The zero-order chi connectivity index (χ0) is 29.4. The van der Waals surface area contributed by atoms with Crippen molar-refractivity contribution in [1.29, 1.82) is 0 Å². The van der Waals surface area contributed by atoms with Gasteiger partial charge in [0.15, 0.2) is 13.6 Å². The van der Waals surface area contributed by atoms with Gasteiger partial charge in [0, 0.05) is 37.2 Å². The number of ether oxygens (including phenoxy) is 6. The number of benzene rings is 3. The SMILES string of the molecule is CCCC(Oc1ccc(C2c3ccc(OCOC)cc3OCC2(C)c2ccc(OCOC)cc2)cc1)C1CCNCC1. The Balaban J connectivity index is 1.46. The molecule has 3 aromatic rings. The highest BCUT2D eigenvalue weighted by molar-refractivity contribution is 5.53. The first-order valence-electron chi connectivity index (χ1n) is 15.1. The van der Waals surface area contributed by atoms with Gasteiger partial charge in [-0.05, 0) is 79.7 Å². The molecule has 0 aromatic heterocycles. The molecule has 2 aliphatic heterocycles. The van der Waals surface area contributed by atoms with Gasteiger partial charge in [-0.3, -0.25) is 0 Å². The van der Waals surface area contributed by atoms with Crippen molar-refractivity contribution in [2.24, 2.45) is 5.92 Å². The minimum atomic E-state index is -0.329. The van der Waals surface area contributed by atoms with Crippen molar-refractivity contribution in [2.75, 3.05) is 47.5 Å². The van der Waals surface area contributed by atoms with Crippen LogP contribution in [0.25, 0.3) is 0 Å². The fourth-order valence-electron chi connectivity index (χ4n) is 6.41. The molecule has 3 atom stereocenters. The quantitative estimate of drug-likeness (QED) is 0.228. The Morgan fingerprint density at radius 1 is 0.857 bits per heavy atom. The summed E-state index contributed by atoms with van der Waals surface area (Å²) in [5.41, 5.74) is 3.19. The molecule has 3 aromatic carbocycles. The molecule has 2 aliphatic rings. The normalized spacial score (nSPS) is 21.2. The van der Waals surface area contributed by atoms with Crippen molar-refractivity contribution in [3.05, 3.63) is 83.4 Å². The van der Waals surface area contributed by atoms with Gasteiger partial charge < -0.3 is 33.7 Å². The van der Waals surface area contributed by atoms with Gasteiger partial charge in [0.05, 0.1) is 6.61 Å². The second-order valence-electron chi connectivity index (χ2n) is 11.6. The van der Waals surface area contributed by atoms with Crippen LogP contribution >= 0.6 is 0 Å². The number of fused-ring (bicyclic) bond motifs is 1. The van der Waals surface area contributed by atoms with Crippen molar-refractivity contribution < 1.29 is 28.4 Å². The lowest BCUT2D eigenvalue weighted by Gasteiger charge is -2.43. The predicted octanol–water partition coefficient (Wildman–Crippen LogP) is 6.68. The van der Waals surface area contributed by atoms with E-state index >= 15 is 0 Å². The second kappa shape index (κ2) is 14.3. The van der Waals surface area contributed by atoms with Crippen LogP contribution in [0.3, 0.4) is 0 Å². The van der Waals surface area contributed by atoms with Crippen LogP contribution in [0, 0.1) is 5.92 Å². The Morgan fingerprint density at radius 3 is 2.17 bits per heavy atom. The molecular formula is C35H45NO6. The zero-order valence-corrected chi connectivity index (χ0v) is 25.4. The van der Waals surface area contributed by atoms with Gasteiger partial charge in [-0.2, -0.15) is 0 Å². The first-order valence-corrected chi connectivity index (χ1v) is 15.1. The van der Waals surface area contributed by atoms with E-state index in [0.29, 0.717) is 12.5 Å². The maximum absolute atomic E-state index is 6.64. The predicted molar refractivity (Wildman–Crippen MR) is 164 cm³/mol. The standard InChI is InChI=1S/C35H45NO6/c1-5-6-32(25-17-19-36-20-18-25)42-29-11-7-26(8-12-29)34-31-16-15-30(41-24-38-4)21-33(31)39-22-35(34,2)27-9-13-28(14-10-27)40-23-37-3/h7-16,21,25,32,34,36H,5-6,17-20,22-24H2,1-4H3. The molecular weight excluding hydrogens is 530 g/mol. The summed E-state index contributed by atoms with van der Waals surface area (Å²) in [6.07, 6.45) is 4.79. The molecule has 0 bridgehead atoms. The smallest absolute Gasteiger partial charge is 0.188 e. The minimum absolute atomic E-state index is 0.0494. The summed E-state index contributed by atoms with van der Waals surface area (Å²) in [5.74, 6) is 3.92. The second-order valence-corrected chi connectivity index (χ2v) is 11.6. The number of hydrogen-bond acceptors (Lipinski definition) is 7. The molecule has 5 rings (SSSR count). The van der Waals surface area contributed by atoms with E-state index in [-0.39, 0.29) is 31.0 Å². The zero-order valence-electron chi connectivity index (χ0n) is 25.4. The van der Waals surface area contributed by atoms with Crippen molar-refractivity contribution >= 4 is 0 Å². The highest BCUT2D eigenvalue weighted by Gasteiger charge is 2.43. The summed E-state index contributed by atoms with van der Waals surface area (Å²) >= 11 is 0. The topological polar surface area (TPSA) is 67.4 Å². The van der Waals surface area contributed by atoms with E-state index in [1.54, 1.807) is 14.2 Å². The third-order valence-electron chi connectivity index (χ3n) is 8.65. The highest BCUT2D eigenvalue weighted by Crippen LogP contribution is 2.51. The Hall–Kier alpha value is -3.26. The summed E-state index contributed by atoms with van der Waals surface area (Å²) in [6, 6.07) is 23.1. The molecule has 1 saturated heterocycles. The molecule has 42 heavy (non-hydrogen) atoms. The van der Waals surface area contributed by atoms with Gasteiger partial charge in [-0.25, -0.2) is 0 Å². The van der Waals surface area contributed by atoms with Gasteiger partial charge in [0.2, 0.25) is 0 Å². The number of methoxy groups -OCH3 is 2. The van der Waals surface area contributed by atoms with Crippen LogP contribution in [0.2, 0.25) is 0 Å². The van der Waals surface area contributed by atoms with Crippen LogP contribution in [-0.4, -0.2) is 53.6 Å². The van der Waals surface area contributed by atoms with E-state index in [4.69, 9.17) is 28.4 Å². The molecule has 7 nitrogen and oxygen atoms in total. The number of nitrogens with one attached hydrogen (secondary N) is 1. The molecule has 3 unspecified atom stereocenters. The highest BCUT2D eigenvalue weighted by atomic mass is 16.7. The lowest BCUT2D eigenvalue weighted by molar-refractivity contribution is 0.0505. The molecule has 0 spiro atoms. The summed E-state index contributed by atoms with van der Waals surface area (Å²) in [7, 11) is 3.24. The number of piperidine rings is 1. The van der Waals surface area contributed by atoms with Crippen LogP contribution in [0.5, 0.6) is 23.0 Å². The Labute approximate surface area is 250 Å². The summed E-state index contributed by atoms with van der Waals surface area (Å²) in [4.78, 5) is 0. The minimum Gasteiger partial charge on any atom is -0.492 e. The largest absolute Gasteiger partial charge is 0.492 e. The van der Waals surface area contributed by atoms with Crippen LogP contribution in [-0.2, 0) is 14.9 Å². The maximum Gasteiger partial charge on any atom is 0.188 e.